The van der Waals surface area contributed by atoms with Crippen molar-refractivity contribution in [3.8, 4) is 0 Å². The third-order valence-electron chi connectivity index (χ3n) is 5.46. The number of nitrogens with zero attached hydrogens (tertiary/aromatic N) is 6. The molecule has 2 aromatic rings. The average molecular weight is 445 g/mol. The molecule has 2 aliphatic rings. The van der Waals surface area contributed by atoms with Crippen molar-refractivity contribution in [2.75, 3.05) is 69.2 Å². The lowest BCUT2D eigenvalue weighted by molar-refractivity contribution is 0.0745. The number of aromatic nitrogens is 2. The van der Waals surface area contributed by atoms with E-state index in [4.69, 9.17) is 0 Å². The molecule has 28 heavy (non-hydrogen) atoms. The smallest absolute Gasteiger partial charge is 0.255 e. The summed E-state index contributed by atoms with van der Waals surface area (Å²) in [5.74, 6) is 1.90. The van der Waals surface area contributed by atoms with Crippen LogP contribution < -0.4 is 9.80 Å². The first-order valence-corrected chi connectivity index (χ1v) is 10.5. The van der Waals surface area contributed by atoms with Crippen molar-refractivity contribution in [2.45, 2.75) is 0 Å². The number of amides is 1. The summed E-state index contributed by atoms with van der Waals surface area (Å²) in [6, 6.07) is 11.7. The number of hydrogen-bond donors (Lipinski definition) is 0. The molecule has 4 rings (SSSR count). The van der Waals surface area contributed by atoms with E-state index in [0.29, 0.717) is 18.7 Å². The van der Waals surface area contributed by atoms with Crippen LogP contribution in [-0.4, -0.2) is 85.3 Å². The van der Waals surface area contributed by atoms with Crippen LogP contribution in [-0.2, 0) is 0 Å². The Morgan fingerprint density at radius 1 is 0.821 bits per heavy atom. The fraction of sp³-hybridized carbons (Fsp3) is 0.450. The molecule has 2 fully saturated rings. The topological polar surface area (TPSA) is 55.8 Å². The van der Waals surface area contributed by atoms with E-state index in [1.807, 2.05) is 35.2 Å². The van der Waals surface area contributed by atoms with E-state index < -0.39 is 0 Å². The highest BCUT2D eigenvalue weighted by atomic mass is 79.9. The number of anilines is 2. The first kappa shape index (κ1) is 19.1. The zero-order valence-electron chi connectivity index (χ0n) is 16.1. The van der Waals surface area contributed by atoms with Crippen LogP contribution in [0.25, 0.3) is 0 Å². The third-order valence-corrected chi connectivity index (χ3v) is 6.15. The van der Waals surface area contributed by atoms with Gasteiger partial charge in [-0.2, -0.15) is 0 Å². The number of likely N-dealkylation sites (N-methyl/N-ethyl adjacent to an activating group) is 1. The van der Waals surface area contributed by atoms with Crippen LogP contribution in [0.4, 0.5) is 11.6 Å². The fourth-order valence-electron chi connectivity index (χ4n) is 3.63. The second-order valence-electron chi connectivity index (χ2n) is 7.30. The normalized spacial score (nSPS) is 18.4. The van der Waals surface area contributed by atoms with E-state index in [-0.39, 0.29) is 5.91 Å². The van der Waals surface area contributed by atoms with E-state index in [9.17, 15) is 4.79 Å². The molecule has 2 saturated heterocycles. The molecule has 0 unspecified atom stereocenters. The van der Waals surface area contributed by atoms with Gasteiger partial charge in [0.2, 0.25) is 0 Å². The van der Waals surface area contributed by atoms with Crippen molar-refractivity contribution in [1.29, 1.82) is 0 Å². The SMILES string of the molecule is CN1CCN(c2ccc(N3CCN(C(=O)c4ccccc4Br)CC3)nn2)CC1. The van der Waals surface area contributed by atoms with Crippen molar-refractivity contribution in [1.82, 2.24) is 20.0 Å². The Hall–Kier alpha value is -2.19. The molecular weight excluding hydrogens is 420 g/mol. The lowest BCUT2D eigenvalue weighted by Crippen LogP contribution is -2.49. The maximum absolute atomic E-state index is 12.7. The first-order chi connectivity index (χ1) is 13.6. The first-order valence-electron chi connectivity index (χ1n) is 9.68. The Balaban J connectivity index is 1.35. The molecule has 8 heteroatoms. The van der Waals surface area contributed by atoms with E-state index in [0.717, 1.165) is 55.4 Å². The largest absolute Gasteiger partial charge is 0.353 e. The highest BCUT2D eigenvalue weighted by Gasteiger charge is 2.24. The van der Waals surface area contributed by atoms with Crippen molar-refractivity contribution in [3.63, 3.8) is 0 Å². The average Bonchev–Trinajstić information content (AvgIpc) is 2.74. The predicted molar refractivity (Wildman–Crippen MR) is 114 cm³/mol. The van der Waals surface area contributed by atoms with Crippen molar-refractivity contribution in [2.24, 2.45) is 0 Å². The van der Waals surface area contributed by atoms with Gasteiger partial charge >= 0.3 is 0 Å². The maximum Gasteiger partial charge on any atom is 0.255 e. The van der Waals surface area contributed by atoms with Gasteiger partial charge < -0.3 is 19.6 Å². The van der Waals surface area contributed by atoms with Crippen LogP contribution in [0, 0.1) is 0 Å². The van der Waals surface area contributed by atoms with Gasteiger partial charge in [0.25, 0.3) is 5.91 Å². The molecule has 7 nitrogen and oxygen atoms in total. The number of hydrogen-bond acceptors (Lipinski definition) is 6. The molecule has 0 N–H and O–H groups in total. The molecule has 0 atom stereocenters. The summed E-state index contributed by atoms with van der Waals surface area (Å²) in [5.41, 5.74) is 0.715. The molecule has 0 bridgehead atoms. The predicted octanol–water partition coefficient (Wildman–Crippen LogP) is 1.95. The van der Waals surface area contributed by atoms with Gasteiger partial charge in [0.15, 0.2) is 11.6 Å². The summed E-state index contributed by atoms with van der Waals surface area (Å²) in [6.45, 7) is 6.97. The Bertz CT molecular complexity index is 814. The van der Waals surface area contributed by atoms with Gasteiger partial charge in [0.1, 0.15) is 0 Å². The van der Waals surface area contributed by atoms with Gasteiger partial charge in [-0.05, 0) is 47.2 Å². The molecule has 148 valence electrons. The van der Waals surface area contributed by atoms with Gasteiger partial charge in [-0.25, -0.2) is 0 Å². The fourth-order valence-corrected chi connectivity index (χ4v) is 4.09. The molecule has 1 aromatic carbocycles. The lowest BCUT2D eigenvalue weighted by Gasteiger charge is -2.36. The Morgan fingerprint density at radius 3 is 1.89 bits per heavy atom. The van der Waals surface area contributed by atoms with Crippen molar-refractivity contribution >= 4 is 33.5 Å². The maximum atomic E-state index is 12.7. The Labute approximate surface area is 174 Å². The van der Waals surface area contributed by atoms with Crippen LogP contribution in [0.15, 0.2) is 40.9 Å². The monoisotopic (exact) mass is 444 g/mol. The second-order valence-corrected chi connectivity index (χ2v) is 8.15. The van der Waals surface area contributed by atoms with Crippen LogP contribution in [0.5, 0.6) is 0 Å². The Kier molecular flexibility index (Phi) is 5.77. The van der Waals surface area contributed by atoms with E-state index >= 15 is 0 Å². The highest BCUT2D eigenvalue weighted by molar-refractivity contribution is 9.10. The van der Waals surface area contributed by atoms with E-state index in [1.165, 1.54) is 0 Å². The van der Waals surface area contributed by atoms with E-state index in [1.54, 1.807) is 0 Å². The molecule has 2 aliphatic heterocycles. The van der Waals surface area contributed by atoms with Gasteiger partial charge in [-0.1, -0.05) is 12.1 Å². The highest BCUT2D eigenvalue weighted by Crippen LogP contribution is 2.21. The summed E-state index contributed by atoms with van der Waals surface area (Å²) in [4.78, 5) is 21.5. The second kappa shape index (κ2) is 8.45. The van der Waals surface area contributed by atoms with Gasteiger partial charge in [-0.3, -0.25) is 4.79 Å². The number of carbonyl (C=O) groups is 1. The van der Waals surface area contributed by atoms with Crippen molar-refractivity contribution < 1.29 is 4.79 Å². The van der Waals surface area contributed by atoms with Crippen LogP contribution in [0.2, 0.25) is 0 Å². The summed E-state index contributed by atoms with van der Waals surface area (Å²) in [5, 5.41) is 8.89. The van der Waals surface area contributed by atoms with Gasteiger partial charge in [0, 0.05) is 56.8 Å². The number of piperazine rings is 2. The Morgan fingerprint density at radius 2 is 1.36 bits per heavy atom. The molecular formula is C20H25BrN6O. The third kappa shape index (κ3) is 4.12. The summed E-state index contributed by atoms with van der Waals surface area (Å²) < 4.78 is 0.841. The minimum atomic E-state index is 0.0728. The van der Waals surface area contributed by atoms with Crippen LogP contribution in [0.1, 0.15) is 10.4 Å². The van der Waals surface area contributed by atoms with Crippen LogP contribution in [0.3, 0.4) is 0 Å². The lowest BCUT2D eigenvalue weighted by atomic mass is 10.2. The molecule has 0 spiro atoms. The standard InChI is InChI=1S/C20H25BrN6O/c1-24-8-10-25(11-9-24)18-6-7-19(23-22-18)26-12-14-27(15-13-26)20(28)16-4-2-3-5-17(16)21/h2-7H,8-15H2,1H3. The van der Waals surface area contributed by atoms with Crippen molar-refractivity contribution in [3.05, 3.63) is 46.4 Å². The zero-order chi connectivity index (χ0) is 19.5. The van der Waals surface area contributed by atoms with Crippen LogP contribution >= 0.6 is 15.9 Å². The van der Waals surface area contributed by atoms with Gasteiger partial charge in [0.05, 0.1) is 5.56 Å². The number of benzene rings is 1. The molecule has 0 saturated carbocycles. The summed E-state index contributed by atoms with van der Waals surface area (Å²) >= 11 is 3.47. The number of rotatable bonds is 3. The quantitative estimate of drug-likeness (QED) is 0.720. The minimum Gasteiger partial charge on any atom is -0.353 e. The summed E-state index contributed by atoms with van der Waals surface area (Å²) in [6.07, 6.45) is 0. The molecule has 1 aromatic heterocycles. The van der Waals surface area contributed by atoms with E-state index in [2.05, 4.69) is 53.9 Å². The zero-order valence-corrected chi connectivity index (χ0v) is 17.7. The molecule has 0 aliphatic carbocycles. The molecule has 0 radical (unpaired) electrons. The summed E-state index contributed by atoms with van der Waals surface area (Å²) in [7, 11) is 2.15. The molecule has 3 heterocycles. The number of carbonyl (C=O) groups excluding carboxylic acids is 1. The molecule has 1 amide bonds. The van der Waals surface area contributed by atoms with Gasteiger partial charge in [-0.15, -0.1) is 10.2 Å². The minimum absolute atomic E-state index is 0.0728. The number of halogens is 1.